The van der Waals surface area contributed by atoms with E-state index in [0.717, 1.165) is 39.3 Å². The van der Waals surface area contributed by atoms with Gasteiger partial charge in [0, 0.05) is 35.4 Å². The molecule has 5 rings (SSSR count). The Balaban J connectivity index is 1.73. The Kier molecular flexibility index (Phi) is 4.90. The minimum Gasteiger partial charge on any atom is -0.493 e. The van der Waals surface area contributed by atoms with Crippen LogP contribution in [0.3, 0.4) is 0 Å². The van der Waals surface area contributed by atoms with Gasteiger partial charge >= 0.3 is 11.5 Å². The van der Waals surface area contributed by atoms with Gasteiger partial charge in [0.1, 0.15) is 0 Å². The van der Waals surface area contributed by atoms with E-state index < -0.39 is 0 Å². The highest BCUT2D eigenvalue weighted by molar-refractivity contribution is 6.03. The lowest BCUT2D eigenvalue weighted by molar-refractivity contribution is -0.646. The van der Waals surface area contributed by atoms with Gasteiger partial charge in [-0.15, -0.1) is 0 Å². The van der Waals surface area contributed by atoms with Crippen LogP contribution in [0.25, 0.3) is 28.6 Å². The normalized spacial score (nSPS) is 14.4. The van der Waals surface area contributed by atoms with Crippen LogP contribution in [0.1, 0.15) is 17.0 Å². The van der Waals surface area contributed by atoms with E-state index in [1.54, 1.807) is 14.2 Å². The molecule has 0 N–H and O–H groups in total. The zero-order valence-corrected chi connectivity index (χ0v) is 18.5. The van der Waals surface area contributed by atoms with Gasteiger partial charge in [0.2, 0.25) is 5.58 Å². The lowest BCUT2D eigenvalue weighted by atomic mass is 9.94. The third-order valence-corrected chi connectivity index (χ3v) is 5.72. The van der Waals surface area contributed by atoms with Crippen molar-refractivity contribution in [1.29, 1.82) is 0 Å². The number of aromatic nitrogens is 2. The summed E-state index contributed by atoms with van der Waals surface area (Å²) in [7, 11) is 7.30. The first-order valence-corrected chi connectivity index (χ1v) is 10.3. The Morgan fingerprint density at radius 1 is 1.00 bits per heavy atom. The minimum absolute atomic E-state index is 0.547. The van der Waals surface area contributed by atoms with Crippen LogP contribution in [0.15, 0.2) is 71.3 Å². The maximum Gasteiger partial charge on any atom is 0.370 e. The number of methoxy groups -OCH3 is 2. The highest BCUT2D eigenvalue weighted by Crippen LogP contribution is 2.44. The number of benzene rings is 2. The molecule has 2 aromatic heterocycles. The van der Waals surface area contributed by atoms with Gasteiger partial charge < -0.3 is 18.8 Å². The van der Waals surface area contributed by atoms with Crippen LogP contribution in [0.4, 0.5) is 5.69 Å². The highest BCUT2D eigenvalue weighted by Gasteiger charge is 2.25. The molecule has 0 bridgehead atoms. The van der Waals surface area contributed by atoms with Crippen molar-refractivity contribution in [3.8, 4) is 11.5 Å². The lowest BCUT2D eigenvalue weighted by Crippen LogP contribution is -2.28. The van der Waals surface area contributed by atoms with E-state index in [0.29, 0.717) is 17.4 Å². The predicted molar refractivity (Wildman–Crippen MR) is 125 cm³/mol. The quantitative estimate of drug-likeness (QED) is 0.443. The summed E-state index contributed by atoms with van der Waals surface area (Å²) in [6.45, 7) is 0. The Morgan fingerprint density at radius 3 is 2.47 bits per heavy atom. The summed E-state index contributed by atoms with van der Waals surface area (Å²) < 4.78 is 19.1. The molecule has 0 aliphatic carbocycles. The average Bonchev–Trinajstić information content (AvgIpc) is 3.24. The van der Waals surface area contributed by atoms with Crippen LogP contribution in [0, 0.1) is 0 Å². The second kappa shape index (κ2) is 7.89. The fraction of sp³-hybridized carbons (Fsp3) is 0.154. The number of allylic oxidation sites excluding steroid dienone is 2. The number of nitrogens with zero attached hydrogens (tertiary/aromatic N) is 3. The van der Waals surface area contributed by atoms with Crippen molar-refractivity contribution in [2.45, 2.75) is 0 Å². The number of ether oxygens (including phenoxy) is 2. The van der Waals surface area contributed by atoms with Crippen molar-refractivity contribution in [3.05, 3.63) is 83.9 Å². The molecule has 6 nitrogen and oxygen atoms in total. The first-order valence-electron chi connectivity index (χ1n) is 10.3. The Morgan fingerprint density at radius 2 is 1.75 bits per heavy atom. The SMILES string of the molecule is COc1cc2c(cc1OC)N(C)C(c1ccccc1)=CC2=Cc1nc2c(ccc[n+]2C)o1. The number of fused-ring (bicyclic) bond motifs is 2. The van der Waals surface area contributed by atoms with Gasteiger partial charge in [-0.1, -0.05) is 30.3 Å². The molecule has 3 heterocycles. The van der Waals surface area contributed by atoms with Crippen molar-refractivity contribution in [3.63, 3.8) is 0 Å². The van der Waals surface area contributed by atoms with Gasteiger partial charge in [-0.3, -0.25) is 0 Å². The number of rotatable bonds is 4. The van der Waals surface area contributed by atoms with Crippen LogP contribution in [0.2, 0.25) is 0 Å². The van der Waals surface area contributed by atoms with Gasteiger partial charge in [0.25, 0.3) is 0 Å². The van der Waals surface area contributed by atoms with E-state index in [1.165, 1.54) is 0 Å². The van der Waals surface area contributed by atoms with Crippen molar-refractivity contribution < 1.29 is 18.5 Å². The molecule has 0 amide bonds. The van der Waals surface area contributed by atoms with E-state index >= 15 is 0 Å². The minimum atomic E-state index is 0.547. The number of hydrogen-bond acceptors (Lipinski definition) is 5. The average molecular weight is 426 g/mol. The maximum atomic E-state index is 6.03. The summed E-state index contributed by atoms with van der Waals surface area (Å²) in [5, 5.41) is 0. The summed E-state index contributed by atoms with van der Waals surface area (Å²) in [5.41, 5.74) is 6.73. The van der Waals surface area contributed by atoms with E-state index in [2.05, 4.69) is 30.2 Å². The largest absolute Gasteiger partial charge is 0.493 e. The lowest BCUT2D eigenvalue weighted by Gasteiger charge is -2.31. The summed E-state index contributed by atoms with van der Waals surface area (Å²) in [6.07, 6.45) is 6.08. The second-order valence-corrected chi connectivity index (χ2v) is 7.64. The first kappa shape index (κ1) is 19.9. The Hall–Kier alpha value is -4.06. The Labute approximate surface area is 186 Å². The summed E-state index contributed by atoms with van der Waals surface area (Å²) in [5.74, 6) is 1.90. The van der Waals surface area contributed by atoms with Crippen LogP contribution in [-0.2, 0) is 7.05 Å². The number of pyridine rings is 1. The van der Waals surface area contributed by atoms with Crippen LogP contribution in [0.5, 0.6) is 11.5 Å². The molecule has 32 heavy (non-hydrogen) atoms. The zero-order valence-electron chi connectivity index (χ0n) is 18.5. The monoisotopic (exact) mass is 426 g/mol. The van der Waals surface area contributed by atoms with E-state index in [1.807, 2.05) is 66.4 Å². The molecule has 6 heteroatoms. The molecule has 1 aliphatic heterocycles. The van der Waals surface area contributed by atoms with E-state index in [4.69, 9.17) is 18.9 Å². The summed E-state index contributed by atoms with van der Waals surface area (Å²) in [6, 6.07) is 18.2. The molecule has 0 fully saturated rings. The predicted octanol–water partition coefficient (Wildman–Crippen LogP) is 4.70. The molecule has 0 spiro atoms. The standard InChI is InChI=1S/C26H24N3O3/c1-28-12-8-11-22-26(28)27-25(32-22)14-18-13-20(17-9-6-5-7-10-17)29(2)21-16-24(31-4)23(30-3)15-19(18)21/h5-16H,1-4H3/q+1. The highest BCUT2D eigenvalue weighted by atomic mass is 16.5. The zero-order chi connectivity index (χ0) is 22.2. The molecular formula is C26H24N3O3+. The van der Waals surface area contributed by atoms with Gasteiger partial charge in [-0.2, -0.15) is 0 Å². The molecule has 0 atom stereocenters. The molecule has 160 valence electrons. The fourth-order valence-corrected chi connectivity index (χ4v) is 4.06. The number of oxazole rings is 1. The molecule has 0 radical (unpaired) electrons. The molecule has 0 saturated heterocycles. The molecular weight excluding hydrogens is 402 g/mol. The van der Waals surface area contributed by atoms with Gasteiger partial charge in [-0.05, 0) is 35.4 Å². The number of anilines is 1. The van der Waals surface area contributed by atoms with E-state index in [-0.39, 0.29) is 0 Å². The van der Waals surface area contributed by atoms with Crippen LogP contribution in [-0.4, -0.2) is 26.3 Å². The second-order valence-electron chi connectivity index (χ2n) is 7.64. The summed E-state index contributed by atoms with van der Waals surface area (Å²) in [4.78, 5) is 6.86. The van der Waals surface area contributed by atoms with Gasteiger partial charge in [0.15, 0.2) is 11.5 Å². The molecule has 0 saturated carbocycles. The van der Waals surface area contributed by atoms with Crippen molar-refractivity contribution >= 4 is 34.3 Å². The molecule has 4 aromatic rings. The first-order chi connectivity index (χ1) is 15.6. The van der Waals surface area contributed by atoms with Crippen molar-refractivity contribution in [2.75, 3.05) is 26.2 Å². The number of hydrogen-bond donors (Lipinski definition) is 0. The fourth-order valence-electron chi connectivity index (χ4n) is 4.06. The number of aryl methyl sites for hydroxylation is 1. The van der Waals surface area contributed by atoms with Crippen LogP contribution >= 0.6 is 0 Å². The molecule has 1 aliphatic rings. The van der Waals surface area contributed by atoms with E-state index in [9.17, 15) is 0 Å². The molecule has 0 unspecified atom stereocenters. The van der Waals surface area contributed by atoms with Gasteiger partial charge in [0.05, 0.1) is 33.2 Å². The van der Waals surface area contributed by atoms with Gasteiger partial charge in [-0.25, -0.2) is 4.57 Å². The van der Waals surface area contributed by atoms with Crippen molar-refractivity contribution in [1.82, 2.24) is 4.98 Å². The van der Waals surface area contributed by atoms with Crippen molar-refractivity contribution in [2.24, 2.45) is 7.05 Å². The smallest absolute Gasteiger partial charge is 0.370 e. The summed E-state index contributed by atoms with van der Waals surface area (Å²) >= 11 is 0. The third-order valence-electron chi connectivity index (χ3n) is 5.72. The Bertz CT molecular complexity index is 1370. The van der Waals surface area contributed by atoms with Crippen LogP contribution < -0.4 is 18.9 Å². The third kappa shape index (κ3) is 3.30. The topological polar surface area (TPSA) is 51.6 Å². The molecule has 2 aromatic carbocycles. The maximum absolute atomic E-state index is 6.03.